The fraction of sp³-hybridized carbons (Fsp3) is 0.750. The van der Waals surface area contributed by atoms with Gasteiger partial charge in [-0.25, -0.2) is 0 Å². The summed E-state index contributed by atoms with van der Waals surface area (Å²) < 4.78 is 4.94. The van der Waals surface area contributed by atoms with Crippen molar-refractivity contribution in [1.82, 2.24) is 0 Å². The third-order valence-corrected chi connectivity index (χ3v) is 1.88. The standard InChI is InChI=1S/C8H11NO2/c1-6(4-9)3-7(10)8(2)5-11-8/h6H,3,5H2,1-2H3. The molecule has 0 radical (unpaired) electrons. The Morgan fingerprint density at radius 2 is 2.45 bits per heavy atom. The minimum Gasteiger partial charge on any atom is -0.362 e. The summed E-state index contributed by atoms with van der Waals surface area (Å²) in [6.07, 6.45) is 0.312. The molecule has 1 rings (SSSR count). The van der Waals surface area contributed by atoms with Crippen LogP contribution in [-0.4, -0.2) is 18.0 Å². The van der Waals surface area contributed by atoms with Gasteiger partial charge < -0.3 is 4.74 Å². The second kappa shape index (κ2) is 2.63. The number of ketones is 1. The van der Waals surface area contributed by atoms with E-state index in [4.69, 9.17) is 10.00 Å². The predicted molar refractivity (Wildman–Crippen MR) is 38.8 cm³/mol. The van der Waals surface area contributed by atoms with Gasteiger partial charge in [0.25, 0.3) is 0 Å². The van der Waals surface area contributed by atoms with Crippen LogP contribution in [0.5, 0.6) is 0 Å². The number of ether oxygens (including phenoxy) is 1. The highest BCUT2D eigenvalue weighted by molar-refractivity contribution is 5.89. The summed E-state index contributed by atoms with van der Waals surface area (Å²) >= 11 is 0. The normalized spacial score (nSPS) is 30.6. The van der Waals surface area contributed by atoms with Crippen LogP contribution >= 0.6 is 0 Å². The highest BCUT2D eigenvalue weighted by Crippen LogP contribution is 2.29. The van der Waals surface area contributed by atoms with Crippen molar-refractivity contribution in [3.05, 3.63) is 0 Å². The molecular formula is C8H11NO2. The van der Waals surface area contributed by atoms with E-state index >= 15 is 0 Å². The van der Waals surface area contributed by atoms with Gasteiger partial charge in [0.15, 0.2) is 5.78 Å². The zero-order valence-electron chi connectivity index (χ0n) is 6.76. The fourth-order valence-electron chi connectivity index (χ4n) is 0.809. The van der Waals surface area contributed by atoms with Crippen molar-refractivity contribution >= 4 is 5.78 Å². The number of nitrogens with zero attached hydrogens (tertiary/aromatic N) is 1. The molecule has 1 fully saturated rings. The average molecular weight is 153 g/mol. The molecule has 0 N–H and O–H groups in total. The number of epoxide rings is 1. The van der Waals surface area contributed by atoms with E-state index in [2.05, 4.69) is 0 Å². The lowest BCUT2D eigenvalue weighted by Crippen LogP contribution is -2.21. The van der Waals surface area contributed by atoms with Crippen LogP contribution in [-0.2, 0) is 9.53 Å². The SMILES string of the molecule is CC(C#N)CC(=O)C1(C)CO1. The molecule has 1 heterocycles. The minimum absolute atomic E-state index is 0.0477. The third kappa shape index (κ3) is 1.78. The molecule has 3 nitrogen and oxygen atoms in total. The molecule has 0 bridgehead atoms. The Morgan fingerprint density at radius 3 is 2.82 bits per heavy atom. The summed E-state index contributed by atoms with van der Waals surface area (Å²) in [4.78, 5) is 11.2. The molecule has 0 saturated carbocycles. The van der Waals surface area contributed by atoms with Crippen molar-refractivity contribution in [2.45, 2.75) is 25.9 Å². The summed E-state index contributed by atoms with van der Waals surface area (Å²) in [5, 5.41) is 8.43. The molecule has 60 valence electrons. The van der Waals surface area contributed by atoms with Gasteiger partial charge >= 0.3 is 0 Å². The number of Topliss-reactive ketones (excluding diaryl/α,β-unsaturated/α-hetero) is 1. The van der Waals surface area contributed by atoms with Crippen LogP contribution in [0.15, 0.2) is 0 Å². The van der Waals surface area contributed by atoms with Crippen LogP contribution in [0.3, 0.4) is 0 Å². The lowest BCUT2D eigenvalue weighted by molar-refractivity contribution is -0.124. The molecule has 2 unspecified atom stereocenters. The van der Waals surface area contributed by atoms with Crippen molar-refractivity contribution in [2.75, 3.05) is 6.61 Å². The number of carbonyl (C=O) groups is 1. The van der Waals surface area contributed by atoms with Gasteiger partial charge in [-0.3, -0.25) is 4.79 Å². The van der Waals surface area contributed by atoms with E-state index in [-0.39, 0.29) is 11.7 Å². The Morgan fingerprint density at radius 1 is 1.91 bits per heavy atom. The minimum atomic E-state index is -0.550. The first kappa shape index (κ1) is 8.22. The maximum Gasteiger partial charge on any atom is 0.168 e. The van der Waals surface area contributed by atoms with E-state index in [0.717, 1.165) is 0 Å². The molecule has 1 aliphatic rings. The first-order chi connectivity index (χ1) is 5.08. The van der Waals surface area contributed by atoms with Crippen LogP contribution in [0.1, 0.15) is 20.3 Å². The van der Waals surface area contributed by atoms with Crippen LogP contribution < -0.4 is 0 Å². The van der Waals surface area contributed by atoms with Crippen LogP contribution in [0, 0.1) is 17.2 Å². The van der Waals surface area contributed by atoms with Gasteiger partial charge in [-0.2, -0.15) is 5.26 Å². The van der Waals surface area contributed by atoms with Gasteiger partial charge in [-0.15, -0.1) is 0 Å². The summed E-state index contributed by atoms with van der Waals surface area (Å²) in [7, 11) is 0. The quantitative estimate of drug-likeness (QED) is 0.566. The highest BCUT2D eigenvalue weighted by Gasteiger charge is 2.46. The molecule has 0 spiro atoms. The summed E-state index contributed by atoms with van der Waals surface area (Å²) in [5.74, 6) is -0.143. The number of hydrogen-bond acceptors (Lipinski definition) is 3. The van der Waals surface area contributed by atoms with E-state index in [1.807, 2.05) is 6.07 Å². The first-order valence-electron chi connectivity index (χ1n) is 3.65. The lowest BCUT2D eigenvalue weighted by atomic mass is 9.98. The lowest BCUT2D eigenvalue weighted by Gasteiger charge is -2.03. The third-order valence-electron chi connectivity index (χ3n) is 1.88. The maximum absolute atomic E-state index is 11.2. The molecule has 0 aliphatic carbocycles. The molecule has 0 aromatic heterocycles. The van der Waals surface area contributed by atoms with E-state index in [1.165, 1.54) is 0 Å². The van der Waals surface area contributed by atoms with Gasteiger partial charge in [0, 0.05) is 6.42 Å². The first-order valence-corrected chi connectivity index (χ1v) is 3.65. The Labute approximate surface area is 66.0 Å². The van der Waals surface area contributed by atoms with Crippen molar-refractivity contribution < 1.29 is 9.53 Å². The van der Waals surface area contributed by atoms with Gasteiger partial charge in [0.2, 0.25) is 0 Å². The summed E-state index contributed by atoms with van der Waals surface area (Å²) in [5.41, 5.74) is -0.550. The van der Waals surface area contributed by atoms with Crippen LogP contribution in [0.4, 0.5) is 0 Å². The number of carbonyl (C=O) groups excluding carboxylic acids is 1. The Balaban J connectivity index is 2.39. The molecule has 1 aliphatic heterocycles. The Hall–Kier alpha value is -0.880. The molecule has 0 aromatic rings. The molecule has 1 saturated heterocycles. The van der Waals surface area contributed by atoms with Crippen molar-refractivity contribution in [3.8, 4) is 6.07 Å². The summed E-state index contributed by atoms with van der Waals surface area (Å²) in [6, 6.07) is 2.02. The topological polar surface area (TPSA) is 53.4 Å². The smallest absolute Gasteiger partial charge is 0.168 e. The summed E-state index contributed by atoms with van der Waals surface area (Å²) in [6.45, 7) is 4.02. The van der Waals surface area contributed by atoms with Crippen LogP contribution in [0.2, 0.25) is 0 Å². The van der Waals surface area contributed by atoms with Crippen molar-refractivity contribution in [2.24, 2.45) is 5.92 Å². The van der Waals surface area contributed by atoms with E-state index < -0.39 is 5.60 Å². The Kier molecular flexibility index (Phi) is 1.97. The zero-order valence-corrected chi connectivity index (χ0v) is 6.76. The molecular weight excluding hydrogens is 142 g/mol. The van der Waals surface area contributed by atoms with E-state index in [9.17, 15) is 4.79 Å². The second-order valence-corrected chi connectivity index (χ2v) is 3.18. The van der Waals surface area contributed by atoms with E-state index in [0.29, 0.717) is 13.0 Å². The monoisotopic (exact) mass is 153 g/mol. The molecule has 0 aromatic carbocycles. The molecule has 11 heavy (non-hydrogen) atoms. The Bertz CT molecular complexity index is 213. The van der Waals surface area contributed by atoms with Gasteiger partial charge in [-0.1, -0.05) is 0 Å². The average Bonchev–Trinajstić information content (AvgIpc) is 2.69. The highest BCUT2D eigenvalue weighted by atomic mass is 16.6. The van der Waals surface area contributed by atoms with Gasteiger partial charge in [-0.05, 0) is 13.8 Å². The zero-order chi connectivity index (χ0) is 8.48. The predicted octanol–water partition coefficient (Wildman–Crippen LogP) is 0.894. The second-order valence-electron chi connectivity index (χ2n) is 3.18. The van der Waals surface area contributed by atoms with E-state index in [1.54, 1.807) is 13.8 Å². The van der Waals surface area contributed by atoms with Gasteiger partial charge in [0.05, 0.1) is 18.6 Å². The van der Waals surface area contributed by atoms with Crippen LogP contribution in [0.25, 0.3) is 0 Å². The van der Waals surface area contributed by atoms with Crippen molar-refractivity contribution in [3.63, 3.8) is 0 Å². The molecule has 2 atom stereocenters. The molecule has 3 heteroatoms. The van der Waals surface area contributed by atoms with Gasteiger partial charge in [0.1, 0.15) is 5.60 Å². The number of nitriles is 1. The van der Waals surface area contributed by atoms with Crippen molar-refractivity contribution in [1.29, 1.82) is 5.26 Å². The number of rotatable bonds is 3. The molecule has 0 amide bonds. The fourth-order valence-corrected chi connectivity index (χ4v) is 0.809. The largest absolute Gasteiger partial charge is 0.362 e. The number of hydrogen-bond donors (Lipinski definition) is 0. The maximum atomic E-state index is 11.2.